The van der Waals surface area contributed by atoms with Gasteiger partial charge in [0.2, 0.25) is 0 Å². The number of nitrogens with one attached hydrogen (secondary N) is 1. The molecule has 0 spiro atoms. The summed E-state index contributed by atoms with van der Waals surface area (Å²) in [7, 11) is 2.05. The maximum absolute atomic E-state index is 4.52. The molecule has 0 aromatic carbocycles. The third-order valence-electron chi connectivity index (χ3n) is 3.01. The van der Waals surface area contributed by atoms with Crippen molar-refractivity contribution in [3.63, 3.8) is 0 Å². The van der Waals surface area contributed by atoms with E-state index in [0.29, 0.717) is 6.04 Å². The Morgan fingerprint density at radius 2 is 2.17 bits per heavy atom. The Balaban J connectivity index is 2.55. The summed E-state index contributed by atoms with van der Waals surface area (Å²) in [6.07, 6.45) is 3.35. The number of likely N-dealkylation sites (N-methyl/N-ethyl adjacent to an activating group) is 1. The van der Waals surface area contributed by atoms with Crippen molar-refractivity contribution >= 4 is 11.8 Å². The van der Waals surface area contributed by atoms with Gasteiger partial charge < -0.3 is 5.32 Å². The summed E-state index contributed by atoms with van der Waals surface area (Å²) in [6, 6.07) is 2.81. The van der Waals surface area contributed by atoms with E-state index in [1.165, 1.54) is 29.3 Å². The maximum atomic E-state index is 4.52. The van der Waals surface area contributed by atoms with E-state index in [-0.39, 0.29) is 0 Å². The fourth-order valence-corrected chi connectivity index (χ4v) is 3.01. The van der Waals surface area contributed by atoms with Crippen LogP contribution < -0.4 is 5.32 Å². The van der Waals surface area contributed by atoms with Crippen molar-refractivity contribution in [1.29, 1.82) is 0 Å². The van der Waals surface area contributed by atoms with Crippen molar-refractivity contribution in [2.24, 2.45) is 7.05 Å². The van der Waals surface area contributed by atoms with Crippen molar-refractivity contribution in [3.8, 4) is 0 Å². The van der Waals surface area contributed by atoms with Crippen LogP contribution in [0.15, 0.2) is 6.07 Å². The molecular formula is C14H27N3S. The predicted octanol–water partition coefficient (Wildman–Crippen LogP) is 2.65. The molecule has 1 atom stereocenters. The minimum atomic E-state index is 0.562. The topological polar surface area (TPSA) is 29.9 Å². The van der Waals surface area contributed by atoms with Gasteiger partial charge in [-0.05, 0) is 31.2 Å². The molecule has 0 bridgehead atoms. The highest BCUT2D eigenvalue weighted by Crippen LogP contribution is 2.11. The monoisotopic (exact) mass is 269 g/mol. The van der Waals surface area contributed by atoms with Crippen molar-refractivity contribution in [3.05, 3.63) is 17.5 Å². The molecule has 0 saturated carbocycles. The molecule has 1 N–H and O–H groups in total. The van der Waals surface area contributed by atoms with E-state index >= 15 is 0 Å². The summed E-state index contributed by atoms with van der Waals surface area (Å²) < 4.78 is 2.04. The lowest BCUT2D eigenvalue weighted by Crippen LogP contribution is -2.34. The number of aryl methyl sites for hydroxylation is 2. The van der Waals surface area contributed by atoms with Crippen LogP contribution in [0.1, 0.15) is 38.6 Å². The molecule has 104 valence electrons. The average Bonchev–Trinajstić information content (AvgIpc) is 2.71. The Hall–Kier alpha value is -0.480. The first-order valence-electron chi connectivity index (χ1n) is 7.04. The molecule has 1 aromatic rings. The number of rotatable bonds is 9. The predicted molar refractivity (Wildman–Crippen MR) is 81.4 cm³/mol. The second-order valence-electron chi connectivity index (χ2n) is 4.64. The summed E-state index contributed by atoms with van der Waals surface area (Å²) in [6.45, 7) is 7.61. The SMILES string of the molecule is CCCSCC(Cc1cc(CC)nn1C)NCC. The average molecular weight is 269 g/mol. The van der Waals surface area contributed by atoms with Crippen LogP contribution in [0, 0.1) is 0 Å². The fourth-order valence-electron chi connectivity index (χ4n) is 2.04. The summed E-state index contributed by atoms with van der Waals surface area (Å²) in [5, 5.41) is 8.10. The van der Waals surface area contributed by atoms with Crippen LogP contribution in [0.2, 0.25) is 0 Å². The van der Waals surface area contributed by atoms with E-state index in [0.717, 1.165) is 19.4 Å². The first kappa shape index (κ1) is 15.6. The second-order valence-corrected chi connectivity index (χ2v) is 5.79. The molecule has 0 saturated heterocycles. The Bertz CT molecular complexity index is 336. The third-order valence-corrected chi connectivity index (χ3v) is 4.34. The van der Waals surface area contributed by atoms with Gasteiger partial charge in [-0.3, -0.25) is 4.68 Å². The lowest BCUT2D eigenvalue weighted by atomic mass is 10.1. The van der Waals surface area contributed by atoms with Gasteiger partial charge >= 0.3 is 0 Å². The van der Waals surface area contributed by atoms with Gasteiger partial charge in [0.15, 0.2) is 0 Å². The quantitative estimate of drug-likeness (QED) is 0.699. The van der Waals surface area contributed by atoms with E-state index in [4.69, 9.17) is 0 Å². The van der Waals surface area contributed by atoms with Crippen LogP contribution in [0.5, 0.6) is 0 Å². The molecule has 18 heavy (non-hydrogen) atoms. The standard InChI is InChI=1S/C14H27N3S/c1-5-8-18-11-13(15-7-3)10-14-9-12(6-2)16-17(14)4/h9,13,15H,5-8,10-11H2,1-4H3. The summed E-state index contributed by atoms with van der Waals surface area (Å²) in [5.41, 5.74) is 2.54. The van der Waals surface area contributed by atoms with Crippen LogP contribution >= 0.6 is 11.8 Å². The molecular weight excluding hydrogens is 242 g/mol. The van der Waals surface area contributed by atoms with Gasteiger partial charge in [0, 0.05) is 31.0 Å². The Kier molecular flexibility index (Phi) is 7.44. The number of hydrogen-bond donors (Lipinski definition) is 1. The fraction of sp³-hybridized carbons (Fsp3) is 0.786. The van der Waals surface area contributed by atoms with Crippen LogP contribution in [-0.2, 0) is 19.9 Å². The molecule has 3 nitrogen and oxygen atoms in total. The molecule has 4 heteroatoms. The van der Waals surface area contributed by atoms with Crippen LogP contribution in [-0.4, -0.2) is 33.9 Å². The summed E-state index contributed by atoms with van der Waals surface area (Å²) in [5.74, 6) is 2.45. The molecule has 0 amide bonds. The molecule has 0 aliphatic heterocycles. The van der Waals surface area contributed by atoms with E-state index in [2.05, 4.69) is 44.3 Å². The molecule has 1 aromatic heterocycles. The van der Waals surface area contributed by atoms with Gasteiger partial charge in [-0.2, -0.15) is 16.9 Å². The zero-order chi connectivity index (χ0) is 13.4. The molecule has 0 aliphatic rings. The first-order valence-corrected chi connectivity index (χ1v) is 8.19. The Morgan fingerprint density at radius 3 is 2.72 bits per heavy atom. The minimum Gasteiger partial charge on any atom is -0.313 e. The summed E-state index contributed by atoms with van der Waals surface area (Å²) >= 11 is 2.05. The van der Waals surface area contributed by atoms with Gasteiger partial charge in [-0.1, -0.05) is 20.8 Å². The van der Waals surface area contributed by atoms with Crippen molar-refractivity contribution in [1.82, 2.24) is 15.1 Å². The highest BCUT2D eigenvalue weighted by Gasteiger charge is 2.12. The van der Waals surface area contributed by atoms with Crippen LogP contribution in [0.25, 0.3) is 0 Å². The first-order chi connectivity index (χ1) is 8.71. The molecule has 1 rings (SSSR count). The molecule has 1 unspecified atom stereocenters. The lowest BCUT2D eigenvalue weighted by Gasteiger charge is -2.17. The van der Waals surface area contributed by atoms with Gasteiger partial charge in [0.25, 0.3) is 0 Å². The minimum absolute atomic E-state index is 0.562. The second kappa shape index (κ2) is 8.59. The normalized spacial score (nSPS) is 12.9. The van der Waals surface area contributed by atoms with Gasteiger partial charge in [-0.25, -0.2) is 0 Å². The molecule has 0 radical (unpaired) electrons. The highest BCUT2D eigenvalue weighted by molar-refractivity contribution is 7.99. The molecule has 0 fully saturated rings. The van der Waals surface area contributed by atoms with Crippen molar-refractivity contribution in [2.45, 2.75) is 46.1 Å². The van der Waals surface area contributed by atoms with Gasteiger partial charge in [0.1, 0.15) is 0 Å². The van der Waals surface area contributed by atoms with Crippen LogP contribution in [0.4, 0.5) is 0 Å². The zero-order valence-corrected chi connectivity index (χ0v) is 13.0. The van der Waals surface area contributed by atoms with E-state index < -0.39 is 0 Å². The van der Waals surface area contributed by atoms with E-state index in [9.17, 15) is 0 Å². The lowest BCUT2D eigenvalue weighted by molar-refractivity contribution is 0.549. The number of thioether (sulfide) groups is 1. The van der Waals surface area contributed by atoms with E-state index in [1.54, 1.807) is 0 Å². The van der Waals surface area contributed by atoms with Crippen molar-refractivity contribution < 1.29 is 0 Å². The molecule has 0 aliphatic carbocycles. The zero-order valence-electron chi connectivity index (χ0n) is 12.2. The smallest absolute Gasteiger partial charge is 0.0624 e. The van der Waals surface area contributed by atoms with Gasteiger partial charge in [0.05, 0.1) is 5.69 Å². The number of hydrogen-bond acceptors (Lipinski definition) is 3. The largest absolute Gasteiger partial charge is 0.313 e. The van der Waals surface area contributed by atoms with E-state index in [1.807, 2.05) is 16.4 Å². The number of aromatic nitrogens is 2. The maximum Gasteiger partial charge on any atom is 0.0624 e. The summed E-state index contributed by atoms with van der Waals surface area (Å²) in [4.78, 5) is 0. The van der Waals surface area contributed by atoms with Gasteiger partial charge in [-0.15, -0.1) is 0 Å². The number of nitrogens with zero attached hydrogens (tertiary/aromatic N) is 2. The Labute approximate surface area is 116 Å². The van der Waals surface area contributed by atoms with Crippen LogP contribution in [0.3, 0.4) is 0 Å². The Morgan fingerprint density at radius 1 is 1.39 bits per heavy atom. The third kappa shape index (κ3) is 5.02. The molecule has 1 heterocycles. The van der Waals surface area contributed by atoms with Crippen molar-refractivity contribution in [2.75, 3.05) is 18.1 Å². The highest BCUT2D eigenvalue weighted by atomic mass is 32.2.